The molecule has 0 spiro atoms. The molecule has 0 aliphatic heterocycles. The molecule has 0 nitrogen and oxygen atoms in total. The maximum Gasteiger partial charge on any atom is -0.000106 e. The van der Waals surface area contributed by atoms with E-state index in [2.05, 4.69) is 55.5 Å². The van der Waals surface area contributed by atoms with E-state index in [0.29, 0.717) is 5.92 Å². The Morgan fingerprint density at radius 3 is 2.82 bits per heavy atom. The second-order valence-corrected chi connectivity index (χ2v) is 5.12. The van der Waals surface area contributed by atoms with Crippen molar-refractivity contribution < 1.29 is 0 Å². The van der Waals surface area contributed by atoms with Gasteiger partial charge in [0.1, 0.15) is 0 Å². The van der Waals surface area contributed by atoms with E-state index in [9.17, 15) is 0 Å². The third-order valence-corrected chi connectivity index (χ3v) is 4.05. The van der Waals surface area contributed by atoms with Crippen LogP contribution in [-0.4, -0.2) is 0 Å². The first-order chi connectivity index (χ1) is 8.33. The number of hydrogen-bond donors (Lipinski definition) is 0. The summed E-state index contributed by atoms with van der Waals surface area (Å²) in [4.78, 5) is 0. The van der Waals surface area contributed by atoms with Crippen LogP contribution in [0.5, 0.6) is 0 Å². The summed E-state index contributed by atoms with van der Waals surface area (Å²) >= 11 is 0. The molecule has 17 heavy (non-hydrogen) atoms. The highest BCUT2D eigenvalue weighted by atomic mass is 14.3. The number of fused-ring (bicyclic) bond motifs is 4. The van der Waals surface area contributed by atoms with Crippen molar-refractivity contribution in [1.29, 1.82) is 0 Å². The number of benzene rings is 2. The normalized spacial score (nSPS) is 19.0. The zero-order chi connectivity index (χ0) is 11.4. The van der Waals surface area contributed by atoms with Crippen molar-refractivity contribution in [3.8, 4) is 11.1 Å². The van der Waals surface area contributed by atoms with Gasteiger partial charge in [-0.15, -0.1) is 0 Å². The van der Waals surface area contributed by atoms with Gasteiger partial charge in [-0.1, -0.05) is 49.4 Å². The van der Waals surface area contributed by atoms with Crippen molar-refractivity contribution in [3.05, 3.63) is 64.7 Å². The molecule has 82 valence electrons. The van der Waals surface area contributed by atoms with Gasteiger partial charge in [-0.2, -0.15) is 0 Å². The predicted molar refractivity (Wildman–Crippen MR) is 72.1 cm³/mol. The molecule has 0 heterocycles. The molecule has 2 aliphatic rings. The minimum absolute atomic E-state index is 0.582. The van der Waals surface area contributed by atoms with Gasteiger partial charge in [0.15, 0.2) is 0 Å². The zero-order valence-electron chi connectivity index (χ0n) is 9.90. The number of allylic oxidation sites excluding steroid dienone is 1. The third kappa shape index (κ3) is 1.18. The van der Waals surface area contributed by atoms with Crippen LogP contribution in [0.4, 0.5) is 0 Å². The molecule has 0 fully saturated rings. The van der Waals surface area contributed by atoms with Crippen LogP contribution in [0.2, 0.25) is 0 Å². The summed E-state index contributed by atoms with van der Waals surface area (Å²) < 4.78 is 0. The Bertz CT molecular complexity index is 647. The van der Waals surface area contributed by atoms with Gasteiger partial charge in [0.25, 0.3) is 0 Å². The zero-order valence-corrected chi connectivity index (χ0v) is 9.90. The molecule has 0 radical (unpaired) electrons. The summed E-state index contributed by atoms with van der Waals surface area (Å²) in [5.74, 6) is 0.582. The monoisotopic (exact) mass is 218 g/mol. The van der Waals surface area contributed by atoms with Gasteiger partial charge in [-0.3, -0.25) is 0 Å². The maximum absolute atomic E-state index is 2.41. The van der Waals surface area contributed by atoms with Crippen LogP contribution in [0, 0.1) is 0 Å². The standard InChI is InChI=1S/C17H14/c1-11-6-7-13-9-17-14(10-16(11)13)8-12-4-2-3-5-15(12)17/h2-7,9-11H,8H2,1H3. The van der Waals surface area contributed by atoms with Crippen molar-refractivity contribution in [2.75, 3.05) is 0 Å². The molecule has 1 unspecified atom stereocenters. The predicted octanol–water partition coefficient (Wildman–Crippen LogP) is 4.39. The van der Waals surface area contributed by atoms with E-state index in [-0.39, 0.29) is 0 Å². The SMILES string of the molecule is CC1C=Cc2cc3c(cc21)Cc1ccccc1-3. The summed E-state index contributed by atoms with van der Waals surface area (Å²) in [5, 5.41) is 0. The Labute approximate surface area is 102 Å². The average Bonchev–Trinajstić information content (AvgIpc) is 2.88. The number of rotatable bonds is 0. The Hall–Kier alpha value is -1.82. The Kier molecular flexibility index (Phi) is 1.69. The van der Waals surface area contributed by atoms with Gasteiger partial charge in [-0.05, 0) is 51.8 Å². The fraction of sp³-hybridized carbons (Fsp3) is 0.176. The summed E-state index contributed by atoms with van der Waals surface area (Å²) in [6.45, 7) is 2.27. The minimum atomic E-state index is 0.582. The average molecular weight is 218 g/mol. The highest BCUT2D eigenvalue weighted by Gasteiger charge is 2.22. The maximum atomic E-state index is 2.41. The number of hydrogen-bond acceptors (Lipinski definition) is 0. The largest absolute Gasteiger partial charge is 0.0767 e. The first-order valence-electron chi connectivity index (χ1n) is 6.26. The van der Waals surface area contributed by atoms with Gasteiger partial charge in [-0.25, -0.2) is 0 Å². The van der Waals surface area contributed by atoms with Crippen molar-refractivity contribution in [2.24, 2.45) is 0 Å². The van der Waals surface area contributed by atoms with Gasteiger partial charge >= 0.3 is 0 Å². The van der Waals surface area contributed by atoms with E-state index >= 15 is 0 Å². The lowest BCUT2D eigenvalue weighted by Gasteiger charge is -2.08. The van der Waals surface area contributed by atoms with Crippen LogP contribution >= 0.6 is 0 Å². The van der Waals surface area contributed by atoms with E-state index < -0.39 is 0 Å². The Morgan fingerprint density at radius 2 is 1.88 bits per heavy atom. The molecule has 1 atom stereocenters. The summed E-state index contributed by atoms with van der Waals surface area (Å²) in [5.41, 5.74) is 8.75. The van der Waals surface area contributed by atoms with Crippen molar-refractivity contribution in [2.45, 2.75) is 19.3 Å². The molecule has 2 aromatic carbocycles. The Balaban J connectivity index is 1.98. The Morgan fingerprint density at radius 1 is 1.00 bits per heavy atom. The van der Waals surface area contributed by atoms with Crippen molar-refractivity contribution in [1.82, 2.24) is 0 Å². The molecule has 4 rings (SSSR count). The van der Waals surface area contributed by atoms with Crippen LogP contribution in [-0.2, 0) is 6.42 Å². The molecule has 2 aliphatic carbocycles. The lowest BCUT2D eigenvalue weighted by Crippen LogP contribution is -1.90. The van der Waals surface area contributed by atoms with E-state index in [0.717, 1.165) is 6.42 Å². The molecule has 0 amide bonds. The second-order valence-electron chi connectivity index (χ2n) is 5.12. The molecule has 0 saturated carbocycles. The van der Waals surface area contributed by atoms with Gasteiger partial charge in [0.05, 0.1) is 0 Å². The second kappa shape index (κ2) is 3.10. The van der Waals surface area contributed by atoms with E-state index in [4.69, 9.17) is 0 Å². The fourth-order valence-corrected chi connectivity index (χ4v) is 3.11. The molecule has 0 aromatic heterocycles. The molecular weight excluding hydrogens is 204 g/mol. The van der Waals surface area contributed by atoms with Gasteiger partial charge in [0.2, 0.25) is 0 Å². The fourth-order valence-electron chi connectivity index (χ4n) is 3.11. The van der Waals surface area contributed by atoms with Crippen molar-refractivity contribution >= 4 is 6.08 Å². The highest BCUT2D eigenvalue weighted by Crippen LogP contribution is 2.41. The minimum Gasteiger partial charge on any atom is -0.0767 e. The smallest absolute Gasteiger partial charge is 0.000106 e. The van der Waals surface area contributed by atoms with E-state index in [1.807, 2.05) is 0 Å². The van der Waals surface area contributed by atoms with Gasteiger partial charge in [0, 0.05) is 0 Å². The molecule has 2 aromatic rings. The molecule has 0 N–H and O–H groups in total. The summed E-state index contributed by atoms with van der Waals surface area (Å²) in [6.07, 6.45) is 5.67. The molecule has 0 saturated heterocycles. The first kappa shape index (κ1) is 9.23. The summed E-state index contributed by atoms with van der Waals surface area (Å²) in [7, 11) is 0. The molecular formula is C17H14. The molecule has 0 heteroatoms. The quantitative estimate of drug-likeness (QED) is 0.525. The topological polar surface area (TPSA) is 0 Å². The van der Waals surface area contributed by atoms with Crippen LogP contribution in [0.3, 0.4) is 0 Å². The van der Waals surface area contributed by atoms with Crippen LogP contribution in [0.15, 0.2) is 42.5 Å². The van der Waals surface area contributed by atoms with Crippen LogP contribution < -0.4 is 0 Å². The first-order valence-corrected chi connectivity index (χ1v) is 6.26. The lowest BCUT2D eigenvalue weighted by atomic mass is 9.96. The lowest BCUT2D eigenvalue weighted by molar-refractivity contribution is 0.985. The third-order valence-electron chi connectivity index (χ3n) is 4.05. The van der Waals surface area contributed by atoms with Crippen LogP contribution in [0.25, 0.3) is 17.2 Å². The van der Waals surface area contributed by atoms with E-state index in [1.54, 1.807) is 0 Å². The van der Waals surface area contributed by atoms with Crippen molar-refractivity contribution in [3.63, 3.8) is 0 Å². The highest BCUT2D eigenvalue weighted by molar-refractivity contribution is 5.81. The molecule has 0 bridgehead atoms. The summed E-state index contributed by atoms with van der Waals surface area (Å²) in [6, 6.07) is 13.6. The van der Waals surface area contributed by atoms with E-state index in [1.165, 1.54) is 33.4 Å². The van der Waals surface area contributed by atoms with Crippen LogP contribution in [0.1, 0.15) is 35.1 Å². The van der Waals surface area contributed by atoms with Gasteiger partial charge < -0.3 is 0 Å².